The maximum atomic E-state index is 13.3. The van der Waals surface area contributed by atoms with Gasteiger partial charge >= 0.3 is 6.18 Å². The lowest BCUT2D eigenvalue weighted by molar-refractivity contribution is -0.138. The molecule has 1 heterocycles. The predicted octanol–water partition coefficient (Wildman–Crippen LogP) is 8.22. The topological polar surface area (TPSA) is 0 Å². The normalized spacial score (nSPS) is 12.4. The summed E-state index contributed by atoms with van der Waals surface area (Å²) in [6, 6.07) is 8.45. The van der Waals surface area contributed by atoms with Crippen LogP contribution in [0.1, 0.15) is 64.5 Å². The Hall–Kier alpha value is -1.29. The molecule has 140 valence electrons. The number of unbranched alkanes of at least 4 members (excludes halogenated alkanes) is 1. The van der Waals surface area contributed by atoms with Gasteiger partial charge in [0.25, 0.3) is 0 Å². The fraction of sp³-hybridized carbons (Fsp3) is 0.524. The molecule has 0 aliphatic carbocycles. The van der Waals surface area contributed by atoms with Gasteiger partial charge in [0.05, 0.1) is 5.56 Å². The molecule has 1 unspecified atom stereocenters. The van der Waals surface area contributed by atoms with Gasteiger partial charge in [-0.3, -0.25) is 0 Å². The van der Waals surface area contributed by atoms with Gasteiger partial charge in [-0.1, -0.05) is 65.5 Å². The van der Waals surface area contributed by atoms with Crippen LogP contribution in [0.3, 0.4) is 0 Å². The number of alkyl halides is 3. The van der Waals surface area contributed by atoms with E-state index in [1.165, 1.54) is 6.07 Å². The standard InChI is InChI=1S/C19H23F3S.C2H6/c1-3-5-7-14(4-2)12-16-13-15(18-8-6-11-23-18)9-10-17(16)19(20,21)22;1-2/h6,8-11,13-14H,3-5,7,12H2,1-2H3;1-2H3. The first kappa shape index (κ1) is 21.8. The summed E-state index contributed by atoms with van der Waals surface area (Å²) in [6.45, 7) is 8.18. The second-order valence-corrected chi connectivity index (χ2v) is 6.92. The highest BCUT2D eigenvalue weighted by Gasteiger charge is 2.33. The van der Waals surface area contributed by atoms with E-state index in [0.29, 0.717) is 17.9 Å². The number of rotatable bonds is 7. The van der Waals surface area contributed by atoms with E-state index in [-0.39, 0.29) is 0 Å². The fourth-order valence-electron chi connectivity index (χ4n) is 2.89. The molecule has 0 saturated heterocycles. The molecule has 0 amide bonds. The summed E-state index contributed by atoms with van der Waals surface area (Å²) < 4.78 is 40.0. The van der Waals surface area contributed by atoms with E-state index in [0.717, 1.165) is 36.1 Å². The van der Waals surface area contributed by atoms with Crippen molar-refractivity contribution in [3.05, 3.63) is 46.8 Å². The molecule has 1 atom stereocenters. The van der Waals surface area contributed by atoms with Crippen molar-refractivity contribution in [1.82, 2.24) is 0 Å². The Morgan fingerprint density at radius 3 is 2.32 bits per heavy atom. The van der Waals surface area contributed by atoms with E-state index in [9.17, 15) is 13.2 Å². The molecule has 25 heavy (non-hydrogen) atoms. The number of halogens is 3. The lowest BCUT2D eigenvalue weighted by Gasteiger charge is -2.19. The first-order valence-electron chi connectivity index (χ1n) is 9.19. The van der Waals surface area contributed by atoms with Gasteiger partial charge in [0, 0.05) is 4.88 Å². The SMILES string of the molecule is CC.CCCCC(CC)Cc1cc(-c2cccs2)ccc1C(F)(F)F. The molecule has 0 saturated carbocycles. The molecule has 0 fully saturated rings. The van der Waals surface area contributed by atoms with Gasteiger partial charge in [-0.2, -0.15) is 13.2 Å². The summed E-state index contributed by atoms with van der Waals surface area (Å²) in [7, 11) is 0. The Morgan fingerprint density at radius 1 is 1.08 bits per heavy atom. The van der Waals surface area contributed by atoms with E-state index < -0.39 is 11.7 Å². The Morgan fingerprint density at radius 2 is 1.80 bits per heavy atom. The minimum atomic E-state index is -4.29. The van der Waals surface area contributed by atoms with Crippen LogP contribution in [-0.2, 0) is 12.6 Å². The van der Waals surface area contributed by atoms with Crippen molar-refractivity contribution in [2.75, 3.05) is 0 Å². The summed E-state index contributed by atoms with van der Waals surface area (Å²) in [5.41, 5.74) is 0.840. The zero-order chi connectivity index (χ0) is 18.9. The minimum absolute atomic E-state index is 0.314. The Labute approximate surface area is 154 Å². The van der Waals surface area contributed by atoms with Crippen molar-refractivity contribution in [3.63, 3.8) is 0 Å². The molecular weight excluding hydrogens is 341 g/mol. The smallest absolute Gasteiger partial charge is 0.166 e. The highest BCUT2D eigenvalue weighted by atomic mass is 32.1. The zero-order valence-corrected chi connectivity index (χ0v) is 16.4. The summed E-state index contributed by atoms with van der Waals surface area (Å²) in [4.78, 5) is 1.02. The summed E-state index contributed by atoms with van der Waals surface area (Å²) in [5, 5.41) is 1.95. The van der Waals surface area contributed by atoms with Gasteiger partial charge in [0.1, 0.15) is 0 Å². The Kier molecular flexibility index (Phi) is 9.26. The van der Waals surface area contributed by atoms with Gasteiger partial charge in [0.15, 0.2) is 0 Å². The highest BCUT2D eigenvalue weighted by Crippen LogP contribution is 2.37. The molecule has 0 aliphatic rings. The van der Waals surface area contributed by atoms with Crippen LogP contribution in [0.15, 0.2) is 35.7 Å². The molecule has 1 aromatic carbocycles. The lowest BCUT2D eigenvalue weighted by atomic mass is 9.89. The summed E-state index contributed by atoms with van der Waals surface area (Å²) in [6.07, 6.45) is 0.285. The van der Waals surface area contributed by atoms with Crippen molar-refractivity contribution < 1.29 is 13.2 Å². The van der Waals surface area contributed by atoms with Crippen molar-refractivity contribution in [3.8, 4) is 10.4 Å². The molecule has 2 rings (SSSR count). The van der Waals surface area contributed by atoms with Crippen LogP contribution in [0.4, 0.5) is 13.2 Å². The van der Waals surface area contributed by atoms with Gasteiger partial charge in [-0.05, 0) is 47.0 Å². The maximum Gasteiger partial charge on any atom is 0.416 e. The van der Waals surface area contributed by atoms with E-state index in [1.54, 1.807) is 23.5 Å². The quantitative estimate of drug-likeness (QED) is 0.460. The first-order valence-corrected chi connectivity index (χ1v) is 10.1. The monoisotopic (exact) mass is 370 g/mol. The van der Waals surface area contributed by atoms with Gasteiger partial charge in [-0.25, -0.2) is 0 Å². The third-order valence-electron chi connectivity index (χ3n) is 4.27. The van der Waals surface area contributed by atoms with Gasteiger partial charge < -0.3 is 0 Å². The van der Waals surface area contributed by atoms with Crippen LogP contribution in [-0.4, -0.2) is 0 Å². The van der Waals surface area contributed by atoms with Crippen molar-refractivity contribution >= 4 is 11.3 Å². The maximum absolute atomic E-state index is 13.3. The average Bonchev–Trinajstić information content (AvgIpc) is 3.14. The highest BCUT2D eigenvalue weighted by molar-refractivity contribution is 7.13. The molecule has 4 heteroatoms. The molecule has 0 radical (unpaired) electrons. The molecule has 0 aliphatic heterocycles. The molecule has 2 aromatic rings. The van der Waals surface area contributed by atoms with E-state index in [4.69, 9.17) is 0 Å². The molecule has 0 N–H and O–H groups in total. The second-order valence-electron chi connectivity index (χ2n) is 5.97. The van der Waals surface area contributed by atoms with E-state index >= 15 is 0 Å². The Bertz CT molecular complexity index is 600. The molecule has 0 spiro atoms. The fourth-order valence-corrected chi connectivity index (χ4v) is 3.61. The van der Waals surface area contributed by atoms with Crippen molar-refractivity contribution in [2.24, 2.45) is 5.92 Å². The number of hydrogen-bond acceptors (Lipinski definition) is 1. The summed E-state index contributed by atoms with van der Waals surface area (Å²) >= 11 is 1.56. The van der Waals surface area contributed by atoms with Crippen molar-refractivity contribution in [2.45, 2.75) is 66.0 Å². The minimum Gasteiger partial charge on any atom is -0.166 e. The lowest BCUT2D eigenvalue weighted by Crippen LogP contribution is -2.13. The van der Waals surface area contributed by atoms with Gasteiger partial charge in [-0.15, -0.1) is 11.3 Å². The van der Waals surface area contributed by atoms with Crippen molar-refractivity contribution in [1.29, 1.82) is 0 Å². The first-order chi connectivity index (χ1) is 12.0. The van der Waals surface area contributed by atoms with Crippen LogP contribution in [0, 0.1) is 5.92 Å². The average molecular weight is 371 g/mol. The third-order valence-corrected chi connectivity index (χ3v) is 5.19. The van der Waals surface area contributed by atoms with E-state index in [1.807, 2.05) is 31.4 Å². The van der Waals surface area contributed by atoms with E-state index in [2.05, 4.69) is 13.8 Å². The molecule has 0 nitrogen and oxygen atoms in total. The third kappa shape index (κ3) is 6.50. The molecular formula is C21H29F3S. The summed E-state index contributed by atoms with van der Waals surface area (Å²) in [5.74, 6) is 0.314. The predicted molar refractivity (Wildman–Crippen MR) is 103 cm³/mol. The molecule has 1 aromatic heterocycles. The largest absolute Gasteiger partial charge is 0.416 e. The second kappa shape index (κ2) is 10.6. The van der Waals surface area contributed by atoms with Gasteiger partial charge in [0.2, 0.25) is 0 Å². The Balaban J connectivity index is 0.00000151. The van der Waals surface area contributed by atoms with Crippen LogP contribution >= 0.6 is 11.3 Å². The number of hydrogen-bond donors (Lipinski definition) is 0. The van der Waals surface area contributed by atoms with Crippen LogP contribution in [0.5, 0.6) is 0 Å². The van der Waals surface area contributed by atoms with Crippen LogP contribution < -0.4 is 0 Å². The van der Waals surface area contributed by atoms with Crippen LogP contribution in [0.2, 0.25) is 0 Å². The number of thiophene rings is 1. The zero-order valence-electron chi connectivity index (χ0n) is 15.6. The van der Waals surface area contributed by atoms with Crippen LogP contribution in [0.25, 0.3) is 10.4 Å². The molecule has 0 bridgehead atoms. The number of benzene rings is 1.